The molecule has 0 amide bonds. The van der Waals surface area contributed by atoms with Crippen LogP contribution in [0.5, 0.6) is 0 Å². The maximum Gasteiger partial charge on any atom is 2.00 e. The molecule has 11 heteroatoms. The Hall–Kier alpha value is 0.463. The van der Waals surface area contributed by atoms with Crippen LogP contribution in [0.2, 0.25) is 0 Å². The molecule has 0 unspecified atom stereocenters. The monoisotopic (exact) mass is 298 g/mol. The molecule has 0 saturated heterocycles. The van der Waals surface area contributed by atoms with E-state index in [2.05, 4.69) is 0 Å². The normalized spacial score (nSPS) is 5.27. The summed E-state index contributed by atoms with van der Waals surface area (Å²) in [5.41, 5.74) is 0. The molecule has 0 radical (unpaired) electrons. The summed E-state index contributed by atoms with van der Waals surface area (Å²) in [5, 5.41) is 0. The molecule has 0 bridgehead atoms. The van der Waals surface area contributed by atoms with E-state index in [9.17, 15) is 0 Å². The first-order chi connectivity index (χ1) is 2.00. The van der Waals surface area contributed by atoms with Gasteiger partial charge in [0.25, 0.3) is 0 Å². The predicted molar refractivity (Wildman–Crippen MR) is 25.2 cm³/mol. The van der Waals surface area contributed by atoms with Gasteiger partial charge in [-0.3, -0.25) is 0 Å². The molecule has 0 aromatic rings. The van der Waals surface area contributed by atoms with E-state index < -0.39 is 13.4 Å². The van der Waals surface area contributed by atoms with Gasteiger partial charge in [0.2, 0.25) is 0 Å². The predicted octanol–water partition coefficient (Wildman–Crippen LogP) is -7.12. The van der Waals surface area contributed by atoms with Crippen LogP contribution in [-0.2, 0) is 27.1 Å². The summed E-state index contributed by atoms with van der Waals surface area (Å²) in [4.78, 5) is 0. The molecule has 11 heavy (non-hydrogen) atoms. The fourth-order valence-corrected chi connectivity index (χ4v) is 0. The molecular weight excluding hydrogens is 288 g/mol. The minimum absolute atomic E-state index is 0. The van der Waals surface area contributed by atoms with Crippen molar-refractivity contribution in [3.05, 3.63) is 0 Å². The number of rotatable bonds is 0. The van der Waals surface area contributed by atoms with E-state index in [-0.39, 0.29) is 46.9 Å². The summed E-state index contributed by atoms with van der Waals surface area (Å²) < 4.78 is 34.4. The molecule has 0 rings (SSSR count). The van der Waals surface area contributed by atoms with E-state index >= 15 is 0 Å². The Morgan fingerprint density at radius 3 is 0.727 bits per heavy atom. The van der Waals surface area contributed by atoms with E-state index in [0.717, 1.165) is 0 Å². The van der Waals surface area contributed by atoms with Gasteiger partial charge in [-0.15, -0.1) is 0 Å². The van der Waals surface area contributed by atoms with Gasteiger partial charge in [-0.05, 0) is 0 Å². The van der Waals surface area contributed by atoms with Crippen LogP contribution in [0.3, 0.4) is 0 Å². The maximum absolute atomic E-state index is 8.59. The van der Waals surface area contributed by atoms with Crippen molar-refractivity contribution in [1.82, 2.24) is 0 Å². The van der Waals surface area contributed by atoms with E-state index in [1.807, 2.05) is 0 Å². The standard InChI is InChI=1S/H2O4Se.5H2O.Zn/c1-5(2,3)4;;;;;;/h(H2,1,2,3,4);5*1H2;/q;;;;;;+2/p-2. The Labute approximate surface area is 76.6 Å². The molecule has 0 spiro atoms. The third-order valence-corrected chi connectivity index (χ3v) is 0. The Morgan fingerprint density at radius 1 is 0.727 bits per heavy atom. The van der Waals surface area contributed by atoms with Gasteiger partial charge in [-0.2, -0.15) is 0 Å². The Kier molecular flexibility index (Phi) is 128. The van der Waals surface area contributed by atoms with Crippen LogP contribution >= 0.6 is 0 Å². The van der Waals surface area contributed by atoms with E-state index in [4.69, 9.17) is 16.0 Å². The SMILES string of the molecule is O.O.O.O.O.O=[Se](=O)([O-])[O-].[Zn+2]. The van der Waals surface area contributed by atoms with E-state index in [1.54, 1.807) is 0 Å². The first-order valence-electron chi connectivity index (χ1n) is 0.667. The van der Waals surface area contributed by atoms with Crippen molar-refractivity contribution in [3.63, 3.8) is 0 Å². The molecule has 0 aliphatic carbocycles. The Balaban J connectivity index is -0.00000000533. The molecule has 0 heterocycles. The minimum Gasteiger partial charge on any atom is 2.00 e. The molecule has 10 N–H and O–H groups in total. The molecule has 9 nitrogen and oxygen atoms in total. The molecule has 0 atom stereocenters. The average molecular weight is 298 g/mol. The van der Waals surface area contributed by atoms with Crippen molar-refractivity contribution in [2.24, 2.45) is 0 Å². The van der Waals surface area contributed by atoms with E-state index in [0.29, 0.717) is 0 Å². The van der Waals surface area contributed by atoms with Crippen molar-refractivity contribution >= 4 is 13.4 Å². The molecule has 0 fully saturated rings. The van der Waals surface area contributed by atoms with Gasteiger partial charge in [0, 0.05) is 0 Å². The zero-order valence-corrected chi connectivity index (χ0v) is 9.93. The summed E-state index contributed by atoms with van der Waals surface area (Å²) in [5.74, 6) is 0. The van der Waals surface area contributed by atoms with Crippen molar-refractivity contribution in [3.8, 4) is 0 Å². The number of hydrogen-bond acceptors (Lipinski definition) is 4. The molecule has 0 saturated carbocycles. The average Bonchev–Trinajstić information content (AvgIpc) is 0.722. The minimum atomic E-state index is -5.75. The van der Waals surface area contributed by atoms with Crippen LogP contribution < -0.4 is 8.38 Å². The molecular formula is H10O9SeZn. The fraction of sp³-hybridized carbons (Fsp3) is 0. The van der Waals surface area contributed by atoms with Gasteiger partial charge in [0.05, 0.1) is 0 Å². The molecule has 0 aliphatic heterocycles. The summed E-state index contributed by atoms with van der Waals surface area (Å²) >= 11 is -5.75. The van der Waals surface area contributed by atoms with Gasteiger partial charge >= 0.3 is 48.9 Å². The van der Waals surface area contributed by atoms with Gasteiger partial charge in [-0.1, -0.05) is 0 Å². The quantitative estimate of drug-likeness (QED) is 0.395. The maximum atomic E-state index is 8.59. The zero-order valence-electron chi connectivity index (χ0n) is 5.25. The zero-order chi connectivity index (χ0) is 4.50. The molecule has 0 aromatic carbocycles. The summed E-state index contributed by atoms with van der Waals surface area (Å²) in [6.07, 6.45) is 0. The Morgan fingerprint density at radius 2 is 0.727 bits per heavy atom. The third kappa shape index (κ3) is 3500. The van der Waals surface area contributed by atoms with Gasteiger partial charge in [0.1, 0.15) is 0 Å². The van der Waals surface area contributed by atoms with Crippen LogP contribution in [0.1, 0.15) is 0 Å². The number of hydrogen-bond donors (Lipinski definition) is 0. The first-order valence-corrected chi connectivity index (χ1v) is 3.46. The van der Waals surface area contributed by atoms with Crippen LogP contribution in [0, 0.1) is 0 Å². The molecule has 0 aliphatic rings. The second-order valence-corrected chi connectivity index (χ2v) is 2.12. The van der Waals surface area contributed by atoms with Crippen LogP contribution in [-0.4, -0.2) is 40.7 Å². The summed E-state index contributed by atoms with van der Waals surface area (Å²) in [7, 11) is 0. The summed E-state index contributed by atoms with van der Waals surface area (Å²) in [6, 6.07) is 0. The largest absolute Gasteiger partial charge is 2.00 e. The third-order valence-electron chi connectivity index (χ3n) is 0. The van der Waals surface area contributed by atoms with Crippen molar-refractivity contribution in [1.29, 1.82) is 0 Å². The van der Waals surface area contributed by atoms with Crippen LogP contribution in [0.25, 0.3) is 0 Å². The van der Waals surface area contributed by atoms with Crippen molar-refractivity contribution in [2.75, 3.05) is 0 Å². The second-order valence-electron chi connectivity index (χ2n) is 0.408. The Bertz CT molecular complexity index is 92.7. The van der Waals surface area contributed by atoms with Crippen LogP contribution in [0.15, 0.2) is 0 Å². The smallest absolute Gasteiger partial charge is 2.00 e. The van der Waals surface area contributed by atoms with Crippen molar-refractivity contribution < 1.29 is 62.9 Å². The van der Waals surface area contributed by atoms with Gasteiger partial charge < -0.3 is 27.4 Å². The van der Waals surface area contributed by atoms with E-state index in [1.165, 1.54) is 0 Å². The van der Waals surface area contributed by atoms with Gasteiger partial charge in [-0.25, -0.2) is 0 Å². The topological polar surface area (TPSA) is 238 Å². The molecule has 72 valence electrons. The van der Waals surface area contributed by atoms with Gasteiger partial charge in [0.15, 0.2) is 0 Å². The fourth-order valence-electron chi connectivity index (χ4n) is 0. The molecule has 0 aromatic heterocycles. The van der Waals surface area contributed by atoms with Crippen LogP contribution in [0.4, 0.5) is 0 Å². The second kappa shape index (κ2) is 22.4. The first kappa shape index (κ1) is 63.0. The van der Waals surface area contributed by atoms with Crippen molar-refractivity contribution in [2.45, 2.75) is 0 Å². The summed E-state index contributed by atoms with van der Waals surface area (Å²) in [6.45, 7) is 0.